The molecule has 0 heterocycles. The highest BCUT2D eigenvalue weighted by molar-refractivity contribution is 5.74. The van der Waals surface area contributed by atoms with Gasteiger partial charge in [-0.05, 0) is 72.9 Å². The lowest BCUT2D eigenvalue weighted by molar-refractivity contribution is 0.237. The Bertz CT molecular complexity index is 760. The maximum absolute atomic E-state index is 13.2. The quantitative estimate of drug-likeness (QED) is 0.776. The van der Waals surface area contributed by atoms with E-state index in [0.29, 0.717) is 13.0 Å². The molecule has 1 unspecified atom stereocenters. The van der Waals surface area contributed by atoms with E-state index in [2.05, 4.69) is 35.8 Å². The van der Waals surface area contributed by atoms with Crippen LogP contribution in [0.5, 0.6) is 0 Å². The number of fused-ring (bicyclic) bond motifs is 1. The van der Waals surface area contributed by atoms with Crippen molar-refractivity contribution in [3.05, 3.63) is 70.5 Å². The lowest BCUT2D eigenvalue weighted by atomic mass is 9.89. The second-order valence-electron chi connectivity index (χ2n) is 6.98. The lowest BCUT2D eigenvalue weighted by Gasteiger charge is -2.22. The third-order valence-corrected chi connectivity index (χ3v) is 5.08. The van der Waals surface area contributed by atoms with E-state index in [1.807, 2.05) is 6.07 Å². The standard InChI is InChI=1S/C22H27FN2O/c1-2-21(19-11-10-17-7-3-4-8-18(17)15-19)25-22(26)24-13-12-16-6-5-9-20(23)14-16/h5-6,9-11,14-15,21H,2-4,7-8,12-13H2,1H3,(H2,24,25,26). The van der Waals surface area contributed by atoms with Crippen molar-refractivity contribution >= 4 is 6.03 Å². The Morgan fingerprint density at radius 2 is 1.92 bits per heavy atom. The molecule has 3 nitrogen and oxygen atoms in total. The zero-order valence-corrected chi connectivity index (χ0v) is 15.4. The van der Waals surface area contributed by atoms with Gasteiger partial charge in [0, 0.05) is 6.54 Å². The van der Waals surface area contributed by atoms with Crippen molar-refractivity contribution < 1.29 is 9.18 Å². The average Bonchev–Trinajstić information content (AvgIpc) is 2.66. The molecule has 4 heteroatoms. The van der Waals surface area contributed by atoms with Crippen LogP contribution in [0.3, 0.4) is 0 Å². The summed E-state index contributed by atoms with van der Waals surface area (Å²) in [5.41, 5.74) is 4.94. The molecule has 0 saturated heterocycles. The van der Waals surface area contributed by atoms with Crippen LogP contribution in [0.25, 0.3) is 0 Å². The van der Waals surface area contributed by atoms with Crippen LogP contribution in [0.2, 0.25) is 0 Å². The monoisotopic (exact) mass is 354 g/mol. The first-order chi connectivity index (χ1) is 12.7. The van der Waals surface area contributed by atoms with E-state index in [4.69, 9.17) is 0 Å². The highest BCUT2D eigenvalue weighted by atomic mass is 19.1. The number of rotatable bonds is 6. The van der Waals surface area contributed by atoms with E-state index in [1.165, 1.54) is 48.1 Å². The third-order valence-electron chi connectivity index (χ3n) is 5.08. The summed E-state index contributed by atoms with van der Waals surface area (Å²) in [6.45, 7) is 2.56. The summed E-state index contributed by atoms with van der Waals surface area (Å²) in [7, 11) is 0. The van der Waals surface area contributed by atoms with Gasteiger partial charge >= 0.3 is 6.03 Å². The second-order valence-corrected chi connectivity index (χ2v) is 6.98. The number of benzene rings is 2. The highest BCUT2D eigenvalue weighted by Crippen LogP contribution is 2.26. The molecule has 1 aliphatic rings. The molecule has 0 bridgehead atoms. The van der Waals surface area contributed by atoms with Gasteiger partial charge in [-0.25, -0.2) is 9.18 Å². The maximum atomic E-state index is 13.2. The SMILES string of the molecule is CCC(NC(=O)NCCc1cccc(F)c1)c1ccc2c(c1)CCCC2. The summed E-state index contributed by atoms with van der Waals surface area (Å²) in [4.78, 5) is 12.2. The van der Waals surface area contributed by atoms with Gasteiger partial charge in [0.15, 0.2) is 0 Å². The maximum Gasteiger partial charge on any atom is 0.315 e. The number of aryl methyl sites for hydroxylation is 2. The summed E-state index contributed by atoms with van der Waals surface area (Å²) >= 11 is 0. The van der Waals surface area contributed by atoms with Crippen molar-refractivity contribution in [2.24, 2.45) is 0 Å². The summed E-state index contributed by atoms with van der Waals surface area (Å²) in [6.07, 6.45) is 6.29. The topological polar surface area (TPSA) is 41.1 Å². The van der Waals surface area contributed by atoms with Gasteiger partial charge in [0.25, 0.3) is 0 Å². The predicted octanol–water partition coefficient (Wildman–Crippen LogP) is 4.70. The molecular weight excluding hydrogens is 327 g/mol. The van der Waals surface area contributed by atoms with Gasteiger partial charge in [-0.15, -0.1) is 0 Å². The fraction of sp³-hybridized carbons (Fsp3) is 0.409. The molecule has 0 fully saturated rings. The molecule has 0 aromatic heterocycles. The smallest absolute Gasteiger partial charge is 0.315 e. The van der Waals surface area contributed by atoms with Crippen LogP contribution in [-0.2, 0) is 19.3 Å². The number of urea groups is 1. The van der Waals surface area contributed by atoms with Gasteiger partial charge in [0.05, 0.1) is 6.04 Å². The Balaban J connectivity index is 1.53. The van der Waals surface area contributed by atoms with Crippen LogP contribution in [0.4, 0.5) is 9.18 Å². The van der Waals surface area contributed by atoms with Crippen LogP contribution in [-0.4, -0.2) is 12.6 Å². The number of halogens is 1. The molecule has 0 saturated carbocycles. The van der Waals surface area contributed by atoms with Crippen LogP contribution in [0, 0.1) is 5.82 Å². The summed E-state index contributed by atoms with van der Waals surface area (Å²) in [5, 5.41) is 5.94. The molecule has 2 N–H and O–H groups in total. The van der Waals surface area contributed by atoms with Gasteiger partial charge in [-0.1, -0.05) is 37.3 Å². The Morgan fingerprint density at radius 1 is 1.12 bits per heavy atom. The van der Waals surface area contributed by atoms with Crippen LogP contribution >= 0.6 is 0 Å². The molecule has 0 aliphatic heterocycles. The minimum atomic E-state index is -0.245. The zero-order valence-electron chi connectivity index (χ0n) is 15.4. The minimum Gasteiger partial charge on any atom is -0.338 e. The lowest BCUT2D eigenvalue weighted by Crippen LogP contribution is -2.38. The molecule has 2 amide bonds. The van der Waals surface area contributed by atoms with Crippen molar-refractivity contribution in [2.75, 3.05) is 6.54 Å². The molecule has 1 atom stereocenters. The second kappa shape index (κ2) is 8.84. The molecule has 3 rings (SSSR count). The zero-order chi connectivity index (χ0) is 18.4. The van der Waals surface area contributed by atoms with Crippen molar-refractivity contribution in [1.82, 2.24) is 10.6 Å². The predicted molar refractivity (Wildman–Crippen MR) is 103 cm³/mol. The number of amides is 2. The first kappa shape index (κ1) is 18.4. The Labute approximate surface area is 155 Å². The van der Waals surface area contributed by atoms with Gasteiger partial charge in [0.2, 0.25) is 0 Å². The molecule has 26 heavy (non-hydrogen) atoms. The van der Waals surface area contributed by atoms with E-state index in [-0.39, 0.29) is 17.9 Å². The van der Waals surface area contributed by atoms with E-state index >= 15 is 0 Å². The first-order valence-electron chi connectivity index (χ1n) is 9.56. The largest absolute Gasteiger partial charge is 0.338 e. The van der Waals surface area contributed by atoms with E-state index < -0.39 is 0 Å². The van der Waals surface area contributed by atoms with Crippen molar-refractivity contribution in [3.63, 3.8) is 0 Å². The highest BCUT2D eigenvalue weighted by Gasteiger charge is 2.16. The van der Waals surface area contributed by atoms with Gasteiger partial charge in [0.1, 0.15) is 5.82 Å². The fourth-order valence-electron chi connectivity index (χ4n) is 3.61. The Morgan fingerprint density at radius 3 is 2.69 bits per heavy atom. The van der Waals surface area contributed by atoms with Gasteiger partial charge in [-0.2, -0.15) is 0 Å². The van der Waals surface area contributed by atoms with Crippen LogP contribution in [0.15, 0.2) is 42.5 Å². The average molecular weight is 354 g/mol. The van der Waals surface area contributed by atoms with Gasteiger partial charge < -0.3 is 10.6 Å². The molecule has 2 aromatic rings. The Hall–Kier alpha value is -2.36. The molecule has 0 spiro atoms. The number of hydrogen-bond donors (Lipinski definition) is 2. The summed E-state index contributed by atoms with van der Waals surface area (Å²) in [6, 6.07) is 12.9. The molecule has 0 radical (unpaired) electrons. The number of carbonyl (C=O) groups is 1. The van der Waals surface area contributed by atoms with Crippen LogP contribution in [0.1, 0.15) is 54.5 Å². The van der Waals surface area contributed by atoms with E-state index in [1.54, 1.807) is 6.07 Å². The van der Waals surface area contributed by atoms with Crippen molar-refractivity contribution in [3.8, 4) is 0 Å². The molecule has 1 aliphatic carbocycles. The normalized spacial score (nSPS) is 14.4. The number of hydrogen-bond acceptors (Lipinski definition) is 1. The van der Waals surface area contributed by atoms with Crippen LogP contribution < -0.4 is 10.6 Å². The summed E-state index contributed by atoms with van der Waals surface area (Å²) in [5.74, 6) is -0.245. The molecule has 2 aromatic carbocycles. The van der Waals surface area contributed by atoms with E-state index in [0.717, 1.165) is 18.4 Å². The summed E-state index contributed by atoms with van der Waals surface area (Å²) < 4.78 is 13.2. The van der Waals surface area contributed by atoms with Gasteiger partial charge in [-0.3, -0.25) is 0 Å². The first-order valence-corrected chi connectivity index (χ1v) is 9.56. The molecular formula is C22H27FN2O. The van der Waals surface area contributed by atoms with Crippen molar-refractivity contribution in [2.45, 2.75) is 51.5 Å². The molecule has 138 valence electrons. The van der Waals surface area contributed by atoms with E-state index in [9.17, 15) is 9.18 Å². The number of carbonyl (C=O) groups excluding carboxylic acids is 1. The third kappa shape index (κ3) is 4.84. The minimum absolute atomic E-state index is 0.0106. The number of nitrogens with one attached hydrogen (secondary N) is 2. The fourth-order valence-corrected chi connectivity index (χ4v) is 3.61. The van der Waals surface area contributed by atoms with Crippen molar-refractivity contribution in [1.29, 1.82) is 0 Å². The Kier molecular flexibility index (Phi) is 6.26.